The highest BCUT2D eigenvalue weighted by Gasteiger charge is 2.10. The molecule has 5 heteroatoms. The van der Waals surface area contributed by atoms with Gasteiger partial charge in [-0.05, 0) is 47.3 Å². The average molecular weight is 338 g/mol. The van der Waals surface area contributed by atoms with Crippen molar-refractivity contribution < 1.29 is 0 Å². The average Bonchev–Trinajstić information content (AvgIpc) is 2.35. The zero-order valence-corrected chi connectivity index (χ0v) is 13.7. The molecule has 2 aromatic heterocycles. The van der Waals surface area contributed by atoms with E-state index in [1.807, 2.05) is 20.0 Å². The van der Waals surface area contributed by atoms with Crippen LogP contribution in [0.4, 0.5) is 0 Å². The van der Waals surface area contributed by atoms with Crippen LogP contribution in [0.3, 0.4) is 0 Å². The van der Waals surface area contributed by atoms with E-state index in [1.165, 1.54) is 0 Å². The van der Waals surface area contributed by atoms with Crippen LogP contribution in [0.25, 0.3) is 11.5 Å². The number of H-pyrrole nitrogens is 1. The summed E-state index contributed by atoms with van der Waals surface area (Å²) in [4.78, 5) is 12.2. The fourth-order valence-electron chi connectivity index (χ4n) is 2.00. The molecular weight excluding hydrogens is 322 g/mol. The van der Waals surface area contributed by atoms with Crippen LogP contribution in [0.5, 0.6) is 0 Å². The largest absolute Gasteiger partial charge is 0.341 e. The van der Waals surface area contributed by atoms with E-state index < -0.39 is 0 Å². The molecule has 0 spiro atoms. The molecule has 0 atom stereocenters. The van der Waals surface area contributed by atoms with Crippen molar-refractivity contribution in [3.8, 4) is 11.5 Å². The Balaban J connectivity index is 2.59. The molecule has 19 heavy (non-hydrogen) atoms. The molecule has 100 valence electrons. The van der Waals surface area contributed by atoms with Crippen molar-refractivity contribution in [1.82, 2.24) is 15.0 Å². The Labute approximate surface area is 126 Å². The van der Waals surface area contributed by atoms with Crippen LogP contribution in [0.15, 0.2) is 16.7 Å². The Kier molecular flexibility index (Phi) is 4.47. The molecule has 0 aliphatic heterocycles. The summed E-state index contributed by atoms with van der Waals surface area (Å²) in [5, 5.41) is 0. The highest BCUT2D eigenvalue weighted by molar-refractivity contribution is 9.10. The normalized spacial score (nSPS) is 10.7. The van der Waals surface area contributed by atoms with E-state index in [-0.39, 0.29) is 0 Å². The van der Waals surface area contributed by atoms with Crippen molar-refractivity contribution >= 4 is 28.1 Å². The number of nitrogens with one attached hydrogen (secondary N) is 1. The molecule has 0 amide bonds. The van der Waals surface area contributed by atoms with Crippen LogP contribution in [0.1, 0.15) is 30.2 Å². The fraction of sp³-hybridized carbons (Fsp3) is 0.357. The quantitative estimate of drug-likeness (QED) is 0.836. The molecule has 0 saturated carbocycles. The molecule has 0 aromatic carbocycles. The number of hydrogen-bond donors (Lipinski definition) is 1. The van der Waals surface area contributed by atoms with Gasteiger partial charge >= 0.3 is 0 Å². The highest BCUT2D eigenvalue weighted by Crippen LogP contribution is 2.23. The predicted molar refractivity (Wildman–Crippen MR) is 83.8 cm³/mol. The van der Waals surface area contributed by atoms with Crippen molar-refractivity contribution in [1.29, 1.82) is 0 Å². The van der Waals surface area contributed by atoms with Gasteiger partial charge in [-0.15, -0.1) is 0 Å². The summed E-state index contributed by atoms with van der Waals surface area (Å²) in [6.45, 7) is 6.21. The number of halogens is 1. The van der Waals surface area contributed by atoms with Crippen LogP contribution < -0.4 is 0 Å². The molecule has 0 radical (unpaired) electrons. The summed E-state index contributed by atoms with van der Waals surface area (Å²) in [5.41, 5.74) is 4.19. The van der Waals surface area contributed by atoms with Gasteiger partial charge in [0.25, 0.3) is 0 Å². The number of aromatic amines is 1. The molecule has 0 aliphatic rings. The summed E-state index contributed by atoms with van der Waals surface area (Å²) in [6, 6.07) is 2.10. The minimum atomic E-state index is 0.582. The van der Waals surface area contributed by atoms with Gasteiger partial charge in [-0.25, -0.2) is 4.98 Å². The predicted octanol–water partition coefficient (Wildman–Crippen LogP) is 4.53. The molecule has 0 unspecified atom stereocenters. The van der Waals surface area contributed by atoms with Crippen molar-refractivity contribution in [2.45, 2.75) is 33.6 Å². The zero-order chi connectivity index (χ0) is 14.0. The second-order valence-corrected chi connectivity index (χ2v) is 5.79. The second-order valence-electron chi connectivity index (χ2n) is 4.61. The molecule has 2 heterocycles. The minimum Gasteiger partial charge on any atom is -0.341 e. The lowest BCUT2D eigenvalue weighted by molar-refractivity contribution is 0.863. The first-order valence-corrected chi connectivity index (χ1v) is 7.45. The third-order valence-corrected chi connectivity index (χ3v) is 4.29. The number of pyridine rings is 1. The lowest BCUT2D eigenvalue weighted by Gasteiger charge is -2.09. The summed E-state index contributed by atoms with van der Waals surface area (Å²) in [6.07, 6.45) is 3.83. The number of hydrogen-bond acceptors (Lipinski definition) is 3. The lowest BCUT2D eigenvalue weighted by Crippen LogP contribution is -2.01. The Morgan fingerprint density at radius 1 is 1.37 bits per heavy atom. The van der Waals surface area contributed by atoms with Crippen molar-refractivity contribution in [3.05, 3.63) is 38.2 Å². The Hall–Kier alpha value is -1.07. The van der Waals surface area contributed by atoms with Crippen LogP contribution >= 0.6 is 28.1 Å². The second kappa shape index (κ2) is 5.92. The Bertz CT molecular complexity index is 664. The van der Waals surface area contributed by atoms with Gasteiger partial charge < -0.3 is 4.98 Å². The van der Waals surface area contributed by atoms with Gasteiger partial charge in [0.1, 0.15) is 10.3 Å². The van der Waals surface area contributed by atoms with Gasteiger partial charge in [0.2, 0.25) is 0 Å². The first-order valence-electron chi connectivity index (χ1n) is 6.25. The fourth-order valence-corrected chi connectivity index (χ4v) is 2.60. The molecule has 2 rings (SSSR count). The van der Waals surface area contributed by atoms with Gasteiger partial charge in [0.05, 0.1) is 4.47 Å². The molecule has 1 N–H and O–H groups in total. The first kappa shape index (κ1) is 14.3. The van der Waals surface area contributed by atoms with Gasteiger partial charge in [-0.3, -0.25) is 4.98 Å². The van der Waals surface area contributed by atoms with E-state index in [2.05, 4.69) is 43.9 Å². The van der Waals surface area contributed by atoms with Gasteiger partial charge in [0.15, 0.2) is 5.82 Å². The minimum absolute atomic E-state index is 0.582. The van der Waals surface area contributed by atoms with Crippen molar-refractivity contribution in [2.24, 2.45) is 0 Å². The summed E-state index contributed by atoms with van der Waals surface area (Å²) in [7, 11) is 0. The molecule has 0 fully saturated rings. The van der Waals surface area contributed by atoms with Crippen molar-refractivity contribution in [2.75, 3.05) is 0 Å². The summed E-state index contributed by atoms with van der Waals surface area (Å²) < 4.78 is 1.47. The van der Waals surface area contributed by atoms with Crippen molar-refractivity contribution in [3.63, 3.8) is 0 Å². The molecule has 0 saturated heterocycles. The van der Waals surface area contributed by atoms with Gasteiger partial charge in [-0.2, -0.15) is 0 Å². The maximum atomic E-state index is 5.31. The van der Waals surface area contributed by atoms with E-state index in [0.717, 1.165) is 45.7 Å². The van der Waals surface area contributed by atoms with Gasteiger partial charge in [-0.1, -0.05) is 31.6 Å². The van der Waals surface area contributed by atoms with E-state index >= 15 is 0 Å². The Morgan fingerprint density at radius 3 is 2.74 bits per heavy atom. The Morgan fingerprint density at radius 2 is 2.11 bits per heavy atom. The van der Waals surface area contributed by atoms with E-state index in [4.69, 9.17) is 12.2 Å². The number of aryl methyl sites for hydroxylation is 3. The first-order chi connectivity index (χ1) is 9.02. The van der Waals surface area contributed by atoms with E-state index in [1.54, 1.807) is 0 Å². The van der Waals surface area contributed by atoms with E-state index in [0.29, 0.717) is 4.64 Å². The smallest absolute Gasteiger partial charge is 0.158 e. The van der Waals surface area contributed by atoms with Gasteiger partial charge in [0, 0.05) is 11.9 Å². The maximum absolute atomic E-state index is 5.31. The van der Waals surface area contributed by atoms with Crippen LogP contribution in [0.2, 0.25) is 0 Å². The summed E-state index contributed by atoms with van der Waals surface area (Å²) in [5.74, 6) is 0.745. The third-order valence-electron chi connectivity index (χ3n) is 2.87. The molecule has 2 aromatic rings. The molecular formula is C14H16BrN3S. The standard InChI is InChI=1S/C14H16BrN3S/c1-4-5-10-11(15)14(19)18-13(17-10)12-9(3)6-8(2)7-16-12/h6-7H,4-5H2,1-3H3,(H,17,18,19). The van der Waals surface area contributed by atoms with E-state index in [9.17, 15) is 0 Å². The van der Waals surface area contributed by atoms with Crippen LogP contribution in [-0.4, -0.2) is 15.0 Å². The third kappa shape index (κ3) is 3.09. The molecule has 0 bridgehead atoms. The zero-order valence-electron chi connectivity index (χ0n) is 11.2. The number of nitrogens with zero attached hydrogens (tertiary/aromatic N) is 2. The van der Waals surface area contributed by atoms with Crippen LogP contribution in [-0.2, 0) is 6.42 Å². The highest BCUT2D eigenvalue weighted by atomic mass is 79.9. The number of aromatic nitrogens is 3. The lowest BCUT2D eigenvalue weighted by atomic mass is 10.1. The topological polar surface area (TPSA) is 41.6 Å². The molecule has 3 nitrogen and oxygen atoms in total. The molecule has 0 aliphatic carbocycles. The summed E-state index contributed by atoms with van der Waals surface area (Å²) >= 11 is 8.81. The maximum Gasteiger partial charge on any atom is 0.158 e. The van der Waals surface area contributed by atoms with Crippen LogP contribution in [0, 0.1) is 18.5 Å². The SMILES string of the molecule is CCCc1[nH]c(-c2ncc(C)cc2C)nc(=S)c1Br. The monoisotopic (exact) mass is 337 g/mol. The number of rotatable bonds is 3.